The first-order valence-corrected chi connectivity index (χ1v) is 6.22. The van der Waals surface area contributed by atoms with Crippen molar-refractivity contribution in [3.63, 3.8) is 0 Å². The van der Waals surface area contributed by atoms with Crippen LogP contribution in [-0.4, -0.2) is 5.25 Å². The van der Waals surface area contributed by atoms with E-state index in [4.69, 9.17) is 0 Å². The zero-order chi connectivity index (χ0) is 9.59. The lowest BCUT2D eigenvalue weighted by Crippen LogP contribution is -1.94. The first-order chi connectivity index (χ1) is 6.09. The molecule has 1 aromatic rings. The Balaban J connectivity index is 2.62. The number of hydrogen-bond donors (Lipinski definition) is 0. The third kappa shape index (κ3) is 1.55. The maximum Gasteiger partial charge on any atom is 0.0210 e. The van der Waals surface area contributed by atoms with Crippen LogP contribution in [0.25, 0.3) is 0 Å². The van der Waals surface area contributed by atoms with Gasteiger partial charge in [0, 0.05) is 14.6 Å². The molecule has 0 N–H and O–H groups in total. The summed E-state index contributed by atoms with van der Waals surface area (Å²) in [4.78, 5) is 1.52. The van der Waals surface area contributed by atoms with Crippen LogP contribution in [0, 0.1) is 13.8 Å². The fraction of sp³-hybridized carbons (Fsp3) is 0.455. The van der Waals surface area contributed by atoms with E-state index in [1.54, 1.807) is 5.56 Å². The fourth-order valence-corrected chi connectivity index (χ4v) is 3.72. The average Bonchev–Trinajstić information content (AvgIpc) is 2.44. The highest BCUT2D eigenvalue weighted by atomic mass is 79.9. The Morgan fingerprint density at radius 2 is 2.15 bits per heavy atom. The van der Waals surface area contributed by atoms with Crippen LogP contribution < -0.4 is 0 Å². The van der Waals surface area contributed by atoms with Crippen molar-refractivity contribution in [3.8, 4) is 0 Å². The molecule has 0 aromatic heterocycles. The standard InChI is InChI=1S/C11H13BrS/c1-6-4-10(12)8(3)9-5-7(2)13-11(6)9/h4,7H,5H2,1-3H3. The van der Waals surface area contributed by atoms with Gasteiger partial charge in [0.25, 0.3) is 0 Å². The minimum atomic E-state index is 0.752. The van der Waals surface area contributed by atoms with Crippen molar-refractivity contribution in [1.82, 2.24) is 0 Å². The fourth-order valence-electron chi connectivity index (χ4n) is 1.86. The number of aryl methyl sites for hydroxylation is 1. The minimum absolute atomic E-state index is 0.752. The van der Waals surface area contributed by atoms with Gasteiger partial charge in [-0.05, 0) is 43.0 Å². The summed E-state index contributed by atoms with van der Waals surface area (Å²) in [6, 6.07) is 2.24. The van der Waals surface area contributed by atoms with E-state index in [0.717, 1.165) is 5.25 Å². The van der Waals surface area contributed by atoms with Crippen molar-refractivity contribution >= 4 is 27.7 Å². The molecule has 1 heterocycles. The summed E-state index contributed by atoms with van der Waals surface area (Å²) in [6.45, 7) is 6.71. The highest BCUT2D eigenvalue weighted by Gasteiger charge is 2.22. The number of thioether (sulfide) groups is 1. The zero-order valence-corrected chi connectivity index (χ0v) is 10.6. The Bertz CT molecular complexity index is 358. The minimum Gasteiger partial charge on any atom is -0.122 e. The summed E-state index contributed by atoms with van der Waals surface area (Å²) < 4.78 is 1.26. The van der Waals surface area contributed by atoms with Gasteiger partial charge in [0.05, 0.1) is 0 Å². The van der Waals surface area contributed by atoms with Crippen LogP contribution in [0.1, 0.15) is 23.6 Å². The van der Waals surface area contributed by atoms with Gasteiger partial charge < -0.3 is 0 Å². The molecular formula is C11H13BrS. The van der Waals surface area contributed by atoms with Crippen LogP contribution >= 0.6 is 27.7 Å². The third-order valence-electron chi connectivity index (χ3n) is 2.60. The number of rotatable bonds is 0. The van der Waals surface area contributed by atoms with Crippen molar-refractivity contribution in [2.45, 2.75) is 37.3 Å². The highest BCUT2D eigenvalue weighted by molar-refractivity contribution is 9.10. The smallest absolute Gasteiger partial charge is 0.0210 e. The van der Waals surface area contributed by atoms with Crippen LogP contribution in [0.5, 0.6) is 0 Å². The molecule has 13 heavy (non-hydrogen) atoms. The van der Waals surface area contributed by atoms with Crippen LogP contribution in [0.2, 0.25) is 0 Å². The monoisotopic (exact) mass is 256 g/mol. The molecule has 0 aliphatic carbocycles. The second-order valence-electron chi connectivity index (χ2n) is 3.74. The van der Waals surface area contributed by atoms with Gasteiger partial charge in [0.1, 0.15) is 0 Å². The van der Waals surface area contributed by atoms with Gasteiger partial charge in [0.2, 0.25) is 0 Å². The van der Waals surface area contributed by atoms with Gasteiger partial charge in [-0.1, -0.05) is 22.9 Å². The van der Waals surface area contributed by atoms with Gasteiger partial charge in [0.15, 0.2) is 0 Å². The molecule has 1 unspecified atom stereocenters. The van der Waals surface area contributed by atoms with Crippen LogP contribution in [0.3, 0.4) is 0 Å². The number of benzene rings is 1. The van der Waals surface area contributed by atoms with E-state index >= 15 is 0 Å². The quantitative estimate of drug-likeness (QED) is 0.674. The van der Waals surface area contributed by atoms with E-state index < -0.39 is 0 Å². The second-order valence-corrected chi connectivity index (χ2v) is 6.04. The maximum absolute atomic E-state index is 3.61. The third-order valence-corrected chi connectivity index (χ3v) is 4.79. The molecule has 1 aromatic carbocycles. The molecule has 0 nitrogen and oxygen atoms in total. The first kappa shape index (κ1) is 9.60. The van der Waals surface area contributed by atoms with E-state index in [1.165, 1.54) is 26.9 Å². The lowest BCUT2D eigenvalue weighted by Gasteiger charge is -2.08. The predicted octanol–water partition coefficient (Wildman–Crippen LogP) is 4.10. The highest BCUT2D eigenvalue weighted by Crippen LogP contribution is 2.42. The summed E-state index contributed by atoms with van der Waals surface area (Å²) >= 11 is 5.63. The zero-order valence-electron chi connectivity index (χ0n) is 8.15. The Labute approximate surface area is 92.2 Å². The summed E-state index contributed by atoms with van der Waals surface area (Å²) in [5, 5.41) is 0.752. The van der Waals surface area contributed by atoms with Gasteiger partial charge in [-0.15, -0.1) is 11.8 Å². The second kappa shape index (κ2) is 3.32. The molecule has 0 spiro atoms. The molecule has 2 rings (SSSR count). The number of fused-ring (bicyclic) bond motifs is 1. The van der Waals surface area contributed by atoms with Crippen molar-refractivity contribution < 1.29 is 0 Å². The Kier molecular flexibility index (Phi) is 2.45. The van der Waals surface area contributed by atoms with Crippen molar-refractivity contribution in [3.05, 3.63) is 27.2 Å². The van der Waals surface area contributed by atoms with Gasteiger partial charge >= 0.3 is 0 Å². The lowest BCUT2D eigenvalue weighted by atomic mass is 10.0. The van der Waals surface area contributed by atoms with E-state index in [0.29, 0.717) is 0 Å². The molecule has 2 heteroatoms. The van der Waals surface area contributed by atoms with Crippen molar-refractivity contribution in [2.75, 3.05) is 0 Å². The van der Waals surface area contributed by atoms with E-state index in [2.05, 4.69) is 42.8 Å². The topological polar surface area (TPSA) is 0 Å². The number of hydrogen-bond acceptors (Lipinski definition) is 1. The number of halogens is 1. The van der Waals surface area contributed by atoms with E-state index in [9.17, 15) is 0 Å². The molecule has 0 amide bonds. The van der Waals surface area contributed by atoms with Crippen molar-refractivity contribution in [2.24, 2.45) is 0 Å². The molecular weight excluding hydrogens is 244 g/mol. The molecule has 1 atom stereocenters. The first-order valence-electron chi connectivity index (χ1n) is 4.55. The molecule has 0 fully saturated rings. The average molecular weight is 257 g/mol. The summed E-state index contributed by atoms with van der Waals surface area (Å²) in [5.41, 5.74) is 4.41. The van der Waals surface area contributed by atoms with Crippen LogP contribution in [0.15, 0.2) is 15.4 Å². The van der Waals surface area contributed by atoms with E-state index in [-0.39, 0.29) is 0 Å². The SMILES string of the molecule is Cc1cc(Br)c(C)c2c1SC(C)C2. The summed E-state index contributed by atoms with van der Waals surface area (Å²) in [5.74, 6) is 0. The molecule has 0 saturated heterocycles. The molecule has 1 aliphatic rings. The van der Waals surface area contributed by atoms with Gasteiger partial charge in [-0.25, -0.2) is 0 Å². The van der Waals surface area contributed by atoms with Crippen molar-refractivity contribution in [1.29, 1.82) is 0 Å². The molecule has 1 aliphatic heterocycles. The Morgan fingerprint density at radius 3 is 2.85 bits per heavy atom. The van der Waals surface area contributed by atoms with Gasteiger partial charge in [-0.2, -0.15) is 0 Å². The Hall–Kier alpha value is 0.0500. The van der Waals surface area contributed by atoms with Crippen LogP contribution in [0.4, 0.5) is 0 Å². The molecule has 70 valence electrons. The Morgan fingerprint density at radius 1 is 1.46 bits per heavy atom. The maximum atomic E-state index is 3.61. The van der Waals surface area contributed by atoms with Crippen LogP contribution in [-0.2, 0) is 6.42 Å². The van der Waals surface area contributed by atoms with Gasteiger partial charge in [-0.3, -0.25) is 0 Å². The lowest BCUT2D eigenvalue weighted by molar-refractivity contribution is 0.942. The summed E-state index contributed by atoms with van der Waals surface area (Å²) in [7, 11) is 0. The molecule has 0 bridgehead atoms. The molecule has 0 saturated carbocycles. The summed E-state index contributed by atoms with van der Waals surface area (Å²) in [6.07, 6.45) is 1.23. The molecule has 0 radical (unpaired) electrons. The van der Waals surface area contributed by atoms with E-state index in [1.807, 2.05) is 11.8 Å². The predicted molar refractivity (Wildman–Crippen MR) is 62.6 cm³/mol. The largest absolute Gasteiger partial charge is 0.122 e. The normalized spacial score (nSPS) is 20.5.